The van der Waals surface area contributed by atoms with Gasteiger partial charge in [0.25, 0.3) is 5.69 Å². The summed E-state index contributed by atoms with van der Waals surface area (Å²) in [4.78, 5) is 22.2. The zero-order chi connectivity index (χ0) is 15.3. The van der Waals surface area contributed by atoms with Crippen molar-refractivity contribution >= 4 is 17.3 Å². The second-order valence-corrected chi connectivity index (χ2v) is 5.40. The Morgan fingerprint density at radius 1 is 1.40 bits per heavy atom. The van der Waals surface area contributed by atoms with Gasteiger partial charge in [0.05, 0.1) is 10.5 Å². The minimum absolute atomic E-state index is 0.0158. The van der Waals surface area contributed by atoms with Crippen LogP contribution in [0, 0.1) is 10.1 Å². The predicted molar refractivity (Wildman–Crippen MR) is 76.8 cm³/mol. The van der Waals surface area contributed by atoms with Crippen LogP contribution in [-0.2, 0) is 16.0 Å². The number of anilines is 1. The number of nitro groups is 1. The molecule has 1 aromatic rings. The average Bonchev–Trinajstić information content (AvgIpc) is 2.35. The second kappa shape index (κ2) is 6.47. The highest BCUT2D eigenvalue weighted by molar-refractivity contribution is 5.92. The van der Waals surface area contributed by atoms with Gasteiger partial charge in [-0.3, -0.25) is 14.9 Å². The standard InChI is InChI=1S/C14H20N2O4/c1-5-10-6-7-11(8-12(10)16(18)19)15-13(17)9-20-14(2,3)4/h6-8H,5,9H2,1-4H3,(H,15,17). The number of nitrogens with zero attached hydrogens (tertiary/aromatic N) is 1. The van der Waals surface area contributed by atoms with Crippen LogP contribution in [0.1, 0.15) is 33.3 Å². The monoisotopic (exact) mass is 280 g/mol. The fourth-order valence-electron chi connectivity index (χ4n) is 1.59. The third-order valence-electron chi connectivity index (χ3n) is 2.58. The molecule has 1 amide bonds. The molecule has 1 rings (SSSR count). The summed E-state index contributed by atoms with van der Waals surface area (Å²) in [6, 6.07) is 4.67. The summed E-state index contributed by atoms with van der Waals surface area (Å²) < 4.78 is 5.34. The molecule has 1 aromatic carbocycles. The minimum atomic E-state index is -0.444. The zero-order valence-electron chi connectivity index (χ0n) is 12.2. The van der Waals surface area contributed by atoms with Gasteiger partial charge in [0.15, 0.2) is 0 Å². The first-order chi connectivity index (χ1) is 9.23. The molecule has 0 spiro atoms. The lowest BCUT2D eigenvalue weighted by Gasteiger charge is -2.19. The molecule has 0 atom stereocenters. The molecule has 1 N–H and O–H groups in total. The molecule has 20 heavy (non-hydrogen) atoms. The second-order valence-electron chi connectivity index (χ2n) is 5.40. The maximum absolute atomic E-state index is 11.7. The highest BCUT2D eigenvalue weighted by Crippen LogP contribution is 2.23. The minimum Gasteiger partial charge on any atom is -0.366 e. The van der Waals surface area contributed by atoms with Crippen molar-refractivity contribution in [3.05, 3.63) is 33.9 Å². The van der Waals surface area contributed by atoms with Gasteiger partial charge in [-0.05, 0) is 33.3 Å². The van der Waals surface area contributed by atoms with Crippen molar-refractivity contribution in [3.8, 4) is 0 Å². The molecule has 0 fully saturated rings. The summed E-state index contributed by atoms with van der Waals surface area (Å²) in [6.45, 7) is 7.30. The van der Waals surface area contributed by atoms with Gasteiger partial charge in [-0.15, -0.1) is 0 Å². The quantitative estimate of drug-likeness (QED) is 0.664. The van der Waals surface area contributed by atoms with Gasteiger partial charge >= 0.3 is 0 Å². The molecule has 0 saturated carbocycles. The summed E-state index contributed by atoms with van der Waals surface area (Å²) in [7, 11) is 0. The van der Waals surface area contributed by atoms with Crippen molar-refractivity contribution in [3.63, 3.8) is 0 Å². The highest BCUT2D eigenvalue weighted by Gasteiger charge is 2.16. The maximum Gasteiger partial charge on any atom is 0.274 e. The Bertz CT molecular complexity index is 506. The molecule has 0 aromatic heterocycles. The van der Waals surface area contributed by atoms with Gasteiger partial charge in [0.1, 0.15) is 6.61 Å². The molecule has 0 aliphatic rings. The Labute approximate surface area is 118 Å². The van der Waals surface area contributed by atoms with Crippen molar-refractivity contribution < 1.29 is 14.5 Å². The number of aryl methyl sites for hydroxylation is 1. The van der Waals surface area contributed by atoms with E-state index in [1.807, 2.05) is 27.7 Å². The van der Waals surface area contributed by atoms with E-state index in [0.29, 0.717) is 17.7 Å². The normalized spacial score (nSPS) is 11.2. The Balaban J connectivity index is 2.76. The van der Waals surface area contributed by atoms with Crippen LogP contribution in [0.3, 0.4) is 0 Å². The fraction of sp³-hybridized carbons (Fsp3) is 0.500. The molecule has 0 radical (unpaired) electrons. The first-order valence-corrected chi connectivity index (χ1v) is 6.44. The molecule has 0 aliphatic carbocycles. The molecule has 110 valence electrons. The first-order valence-electron chi connectivity index (χ1n) is 6.44. The topological polar surface area (TPSA) is 81.5 Å². The lowest BCUT2D eigenvalue weighted by atomic mass is 10.1. The predicted octanol–water partition coefficient (Wildman–Crippen LogP) is 2.91. The lowest BCUT2D eigenvalue weighted by molar-refractivity contribution is -0.385. The number of amides is 1. The number of nitrogens with one attached hydrogen (secondary N) is 1. The Morgan fingerprint density at radius 2 is 2.05 bits per heavy atom. The van der Waals surface area contributed by atoms with Crippen LogP contribution in [0.2, 0.25) is 0 Å². The first kappa shape index (κ1) is 16.1. The van der Waals surface area contributed by atoms with Crippen molar-refractivity contribution in [1.29, 1.82) is 0 Å². The molecule has 6 nitrogen and oxygen atoms in total. The van der Waals surface area contributed by atoms with E-state index >= 15 is 0 Å². The number of carbonyl (C=O) groups excluding carboxylic acids is 1. The molecule has 0 saturated heterocycles. The Morgan fingerprint density at radius 3 is 2.55 bits per heavy atom. The molecule has 0 bridgehead atoms. The van der Waals surface area contributed by atoms with Crippen LogP contribution in [0.5, 0.6) is 0 Å². The molecule has 0 aliphatic heterocycles. The average molecular weight is 280 g/mol. The van der Waals surface area contributed by atoms with E-state index in [4.69, 9.17) is 4.74 Å². The summed E-state index contributed by atoms with van der Waals surface area (Å²) in [5.41, 5.74) is 0.646. The van der Waals surface area contributed by atoms with Crippen molar-refractivity contribution in [1.82, 2.24) is 0 Å². The van der Waals surface area contributed by atoms with Crippen molar-refractivity contribution in [2.45, 2.75) is 39.7 Å². The van der Waals surface area contributed by atoms with E-state index in [9.17, 15) is 14.9 Å². The fourth-order valence-corrected chi connectivity index (χ4v) is 1.59. The number of hydrogen-bond acceptors (Lipinski definition) is 4. The van der Waals surface area contributed by atoms with E-state index in [0.717, 1.165) is 0 Å². The van der Waals surface area contributed by atoms with Crippen molar-refractivity contribution in [2.24, 2.45) is 0 Å². The molecule has 0 unspecified atom stereocenters. The molecular formula is C14H20N2O4. The van der Waals surface area contributed by atoms with Crippen molar-refractivity contribution in [2.75, 3.05) is 11.9 Å². The van der Waals surface area contributed by atoms with Gasteiger partial charge in [-0.2, -0.15) is 0 Å². The summed E-state index contributed by atoms with van der Waals surface area (Å²) in [5.74, 6) is -0.335. The van der Waals surface area contributed by atoms with Gasteiger partial charge in [-0.25, -0.2) is 0 Å². The number of carbonyl (C=O) groups is 1. The van der Waals surface area contributed by atoms with Crippen LogP contribution in [-0.4, -0.2) is 23.0 Å². The van der Waals surface area contributed by atoms with Gasteiger partial charge in [-0.1, -0.05) is 13.0 Å². The van der Waals surface area contributed by atoms with E-state index in [1.165, 1.54) is 6.07 Å². The molecule has 0 heterocycles. The van der Waals surface area contributed by atoms with Gasteiger partial charge in [0.2, 0.25) is 5.91 Å². The van der Waals surface area contributed by atoms with E-state index < -0.39 is 10.5 Å². The van der Waals surface area contributed by atoms with E-state index in [1.54, 1.807) is 12.1 Å². The molecular weight excluding hydrogens is 260 g/mol. The maximum atomic E-state index is 11.7. The van der Waals surface area contributed by atoms with Crippen LogP contribution >= 0.6 is 0 Å². The molecule has 6 heteroatoms. The zero-order valence-corrected chi connectivity index (χ0v) is 12.2. The third-order valence-corrected chi connectivity index (χ3v) is 2.58. The highest BCUT2D eigenvalue weighted by atomic mass is 16.6. The van der Waals surface area contributed by atoms with Crippen LogP contribution in [0.4, 0.5) is 11.4 Å². The number of benzene rings is 1. The smallest absolute Gasteiger partial charge is 0.274 e. The Kier molecular flexibility index (Phi) is 5.21. The SMILES string of the molecule is CCc1ccc(NC(=O)COC(C)(C)C)cc1[N+](=O)[O-]. The largest absolute Gasteiger partial charge is 0.366 e. The Hall–Kier alpha value is -1.95. The van der Waals surface area contributed by atoms with Gasteiger partial charge in [0, 0.05) is 17.3 Å². The van der Waals surface area contributed by atoms with Crippen LogP contribution in [0.25, 0.3) is 0 Å². The number of rotatable bonds is 5. The van der Waals surface area contributed by atoms with E-state index in [-0.39, 0.29) is 18.2 Å². The lowest BCUT2D eigenvalue weighted by Crippen LogP contribution is -2.27. The van der Waals surface area contributed by atoms with E-state index in [2.05, 4.69) is 5.32 Å². The third kappa shape index (κ3) is 4.97. The van der Waals surface area contributed by atoms with Gasteiger partial charge < -0.3 is 10.1 Å². The number of hydrogen-bond donors (Lipinski definition) is 1. The summed E-state index contributed by atoms with van der Waals surface area (Å²) in [5, 5.41) is 13.5. The summed E-state index contributed by atoms with van der Waals surface area (Å²) >= 11 is 0. The number of nitro benzene ring substituents is 1. The van der Waals surface area contributed by atoms with Crippen LogP contribution < -0.4 is 5.32 Å². The number of ether oxygens (including phenoxy) is 1. The summed E-state index contributed by atoms with van der Waals surface area (Å²) in [6.07, 6.45) is 0.567. The van der Waals surface area contributed by atoms with Crippen LogP contribution in [0.15, 0.2) is 18.2 Å².